The van der Waals surface area contributed by atoms with Crippen molar-refractivity contribution in [1.82, 2.24) is 14.9 Å². The van der Waals surface area contributed by atoms with Crippen molar-refractivity contribution in [2.24, 2.45) is 5.84 Å². The van der Waals surface area contributed by atoms with E-state index in [9.17, 15) is 0 Å². The van der Waals surface area contributed by atoms with E-state index in [1.54, 1.807) is 12.3 Å². The molecule has 0 saturated carbocycles. The number of rotatable bonds is 7. The number of nitrogens with zero attached hydrogens (tertiary/aromatic N) is 3. The molecule has 9 heteroatoms. The van der Waals surface area contributed by atoms with Crippen LogP contribution in [-0.2, 0) is 6.42 Å². The van der Waals surface area contributed by atoms with Crippen LogP contribution in [-0.4, -0.2) is 40.5 Å². The average Bonchev–Trinajstić information content (AvgIpc) is 2.72. The van der Waals surface area contributed by atoms with Gasteiger partial charge in [-0.15, -0.1) is 6.58 Å². The second-order valence-corrected chi connectivity index (χ2v) is 7.24. The molecule has 1 aliphatic heterocycles. The zero-order valence-electron chi connectivity index (χ0n) is 16.3. The molecule has 0 aliphatic carbocycles. The van der Waals surface area contributed by atoms with Gasteiger partial charge in [-0.25, -0.2) is 10.8 Å². The first-order valence-corrected chi connectivity index (χ1v) is 9.92. The van der Waals surface area contributed by atoms with Gasteiger partial charge in [-0.1, -0.05) is 22.8 Å². The maximum atomic E-state index is 9.05. The van der Waals surface area contributed by atoms with E-state index in [1.165, 1.54) is 5.56 Å². The molecule has 2 aromatic rings. The maximum absolute atomic E-state index is 9.05. The second kappa shape index (κ2) is 12.1. The normalized spacial score (nSPS) is 14.5. The fourth-order valence-corrected chi connectivity index (χ4v) is 3.08. The number of anilines is 1. The summed E-state index contributed by atoms with van der Waals surface area (Å²) in [5, 5.41) is 24.5. The molecule has 1 unspecified atom stereocenters. The third-order valence-electron chi connectivity index (χ3n) is 3.87. The van der Waals surface area contributed by atoms with Crippen LogP contribution in [0.3, 0.4) is 0 Å². The second-order valence-electron chi connectivity index (χ2n) is 6.21. The summed E-state index contributed by atoms with van der Waals surface area (Å²) in [6, 6.07) is 11.6. The smallest absolute Gasteiger partial charge is 0.237 e. The SMILES string of the molecule is C=CC.N#Cc1ccc(CCNCC2CNc3cc(SN(N)O)cnc3O2)cc1. The number of ether oxygens (including phenoxy) is 1. The van der Waals surface area contributed by atoms with E-state index in [1.807, 2.05) is 37.3 Å². The van der Waals surface area contributed by atoms with Crippen LogP contribution in [0.15, 0.2) is 54.1 Å². The highest BCUT2D eigenvalue weighted by Crippen LogP contribution is 2.30. The quantitative estimate of drug-likeness (QED) is 0.178. The topological polar surface area (TPSA) is 119 Å². The Bertz CT molecular complexity index is 823. The number of pyridine rings is 1. The van der Waals surface area contributed by atoms with Crippen molar-refractivity contribution >= 4 is 17.6 Å². The minimum atomic E-state index is -0.0154. The number of allylic oxidation sites excluding steroid dienone is 1. The van der Waals surface area contributed by atoms with Gasteiger partial charge < -0.3 is 15.4 Å². The van der Waals surface area contributed by atoms with Gasteiger partial charge in [0.05, 0.1) is 23.9 Å². The minimum absolute atomic E-state index is 0.0154. The van der Waals surface area contributed by atoms with Crippen molar-refractivity contribution in [2.45, 2.75) is 24.3 Å². The van der Waals surface area contributed by atoms with Crippen LogP contribution in [0.1, 0.15) is 18.1 Å². The van der Waals surface area contributed by atoms with Crippen molar-refractivity contribution in [1.29, 1.82) is 5.26 Å². The molecule has 0 radical (unpaired) electrons. The number of benzene rings is 1. The number of nitrogens with one attached hydrogen (secondary N) is 2. The molecule has 0 bridgehead atoms. The van der Waals surface area contributed by atoms with Gasteiger partial charge in [-0.3, -0.25) is 5.21 Å². The molecule has 8 nitrogen and oxygen atoms in total. The number of hydrazine groups is 1. The predicted molar refractivity (Wildman–Crippen MR) is 114 cm³/mol. The van der Waals surface area contributed by atoms with Crippen LogP contribution in [0.25, 0.3) is 0 Å². The van der Waals surface area contributed by atoms with Gasteiger partial charge in [-0.05, 0) is 43.7 Å². The summed E-state index contributed by atoms with van der Waals surface area (Å²) in [4.78, 5) is 4.97. The molecular formula is C20H26N6O2S. The van der Waals surface area contributed by atoms with Crippen molar-refractivity contribution in [3.05, 3.63) is 60.3 Å². The Balaban J connectivity index is 0.000000941. The molecule has 1 aliphatic rings. The third-order valence-corrected chi connectivity index (χ3v) is 4.49. The highest BCUT2D eigenvalue weighted by atomic mass is 32.2. The molecule has 0 spiro atoms. The predicted octanol–water partition coefficient (Wildman–Crippen LogP) is 2.72. The first-order valence-electron chi connectivity index (χ1n) is 9.14. The summed E-state index contributed by atoms with van der Waals surface area (Å²) in [6.45, 7) is 7.44. The van der Waals surface area contributed by atoms with Gasteiger partial charge in [0.25, 0.3) is 0 Å². The van der Waals surface area contributed by atoms with Crippen LogP contribution < -0.4 is 21.2 Å². The van der Waals surface area contributed by atoms with E-state index in [-0.39, 0.29) is 6.10 Å². The zero-order valence-corrected chi connectivity index (χ0v) is 17.2. The molecule has 5 N–H and O–H groups in total. The lowest BCUT2D eigenvalue weighted by atomic mass is 10.1. The van der Waals surface area contributed by atoms with Gasteiger partial charge in [-0.2, -0.15) is 5.26 Å². The molecule has 29 heavy (non-hydrogen) atoms. The van der Waals surface area contributed by atoms with E-state index >= 15 is 0 Å². The summed E-state index contributed by atoms with van der Waals surface area (Å²) < 4.78 is 6.42. The van der Waals surface area contributed by atoms with E-state index in [4.69, 9.17) is 21.0 Å². The number of nitrogens with two attached hydrogens (primary N) is 1. The Kier molecular flexibility index (Phi) is 9.43. The van der Waals surface area contributed by atoms with Crippen LogP contribution in [0.5, 0.6) is 5.88 Å². The minimum Gasteiger partial charge on any atom is -0.470 e. The van der Waals surface area contributed by atoms with Crippen LogP contribution in [0.4, 0.5) is 5.69 Å². The number of fused-ring (bicyclic) bond motifs is 1. The molecular weight excluding hydrogens is 388 g/mol. The first kappa shape index (κ1) is 22.7. The lowest BCUT2D eigenvalue weighted by Gasteiger charge is -2.27. The summed E-state index contributed by atoms with van der Waals surface area (Å²) in [7, 11) is 0. The van der Waals surface area contributed by atoms with Gasteiger partial charge >= 0.3 is 0 Å². The molecule has 0 amide bonds. The van der Waals surface area contributed by atoms with Crippen LogP contribution >= 0.6 is 11.9 Å². The van der Waals surface area contributed by atoms with Crippen molar-refractivity contribution < 1.29 is 9.94 Å². The monoisotopic (exact) mass is 414 g/mol. The third kappa shape index (κ3) is 7.73. The number of hydrogen-bond donors (Lipinski definition) is 4. The Morgan fingerprint density at radius 2 is 2.24 bits per heavy atom. The highest BCUT2D eigenvalue weighted by molar-refractivity contribution is 7.96. The fourth-order valence-electron chi connectivity index (χ4n) is 2.59. The van der Waals surface area contributed by atoms with E-state index in [0.29, 0.717) is 34.0 Å². The largest absolute Gasteiger partial charge is 0.470 e. The Hall–Kier alpha value is -2.61. The summed E-state index contributed by atoms with van der Waals surface area (Å²) in [5.41, 5.74) is 2.65. The van der Waals surface area contributed by atoms with Gasteiger partial charge in [0.1, 0.15) is 6.10 Å². The molecule has 154 valence electrons. The zero-order chi connectivity index (χ0) is 21.1. The number of nitriles is 1. The van der Waals surface area contributed by atoms with Gasteiger partial charge in [0.2, 0.25) is 5.88 Å². The summed E-state index contributed by atoms with van der Waals surface area (Å²) in [5.74, 6) is 5.74. The van der Waals surface area contributed by atoms with Crippen molar-refractivity contribution in [3.8, 4) is 11.9 Å². The Morgan fingerprint density at radius 1 is 1.52 bits per heavy atom. The van der Waals surface area contributed by atoms with Gasteiger partial charge in [0.15, 0.2) is 0 Å². The molecule has 0 saturated heterocycles. The Morgan fingerprint density at radius 3 is 2.90 bits per heavy atom. The molecule has 3 rings (SSSR count). The van der Waals surface area contributed by atoms with Crippen molar-refractivity contribution in [2.75, 3.05) is 25.0 Å². The van der Waals surface area contributed by atoms with E-state index in [2.05, 4.69) is 28.3 Å². The standard InChI is InChI=1S/C17H20N6O2S.C3H6/c18-8-13-3-1-12(2-4-13)5-6-20-9-14-10-21-16-7-15(26-23(19)24)11-22-17(16)25-14;1-3-2/h1-4,7,11,14,20-21,24H,5-6,9-10,19H2;3H,1H2,2H3. The molecule has 0 fully saturated rings. The lowest BCUT2D eigenvalue weighted by molar-refractivity contribution is 0.0164. The lowest BCUT2D eigenvalue weighted by Crippen LogP contribution is -2.40. The first-order chi connectivity index (χ1) is 14.0. The summed E-state index contributed by atoms with van der Waals surface area (Å²) in [6.07, 6.45) is 4.22. The molecule has 1 aromatic heterocycles. The van der Waals surface area contributed by atoms with Crippen LogP contribution in [0, 0.1) is 11.3 Å². The van der Waals surface area contributed by atoms with E-state index in [0.717, 1.165) is 30.6 Å². The maximum Gasteiger partial charge on any atom is 0.237 e. The number of aromatic nitrogens is 1. The number of hydrogen-bond acceptors (Lipinski definition) is 9. The average molecular weight is 415 g/mol. The van der Waals surface area contributed by atoms with E-state index < -0.39 is 0 Å². The summed E-state index contributed by atoms with van der Waals surface area (Å²) >= 11 is 0.968. The fraction of sp³-hybridized carbons (Fsp3) is 0.300. The highest BCUT2D eigenvalue weighted by Gasteiger charge is 2.20. The van der Waals surface area contributed by atoms with Crippen molar-refractivity contribution in [3.63, 3.8) is 0 Å². The molecule has 1 aromatic carbocycles. The molecule has 2 heterocycles. The molecule has 1 atom stereocenters. The van der Waals surface area contributed by atoms with Gasteiger partial charge in [0, 0.05) is 29.6 Å². The Labute approximate surface area is 175 Å². The van der Waals surface area contributed by atoms with Crippen LogP contribution in [0.2, 0.25) is 0 Å².